The standard InChI is InChI=1S/C58H84O17/c1-26-14-33-8-10-37-27(2)15-35(62-37)12-13-56-23-46(72-56)53-32(7)54(75-56)55-38(66-53)11-9-34(64-55)16-48(61)69-52-31(6)51-42(65-41(52)18-39(63-33)30(26)5)19-40-44(67-51)22-58(70-40)24-45-50(74-58)29(4)21-57(73-45)20-28(3)49-43(71-57)17-36(60)47(25-59)68-49/h26,28-29,31-47,49-55,59-60H,2,5,8-25H2,1,3-4,6-7H3/t26-,28+,29+,31+,32?,33+,34-,35+,36-,37+,38+,39-,40-,41+,42+,43+,44-,45+,46?,47-,49+,50+,51+,52-,53?,54-,55+,56+,57-,58+/m1/s1. The Hall–Kier alpha value is -1.65. The van der Waals surface area contributed by atoms with Gasteiger partial charge in [0.25, 0.3) is 0 Å². The van der Waals surface area contributed by atoms with Crippen molar-refractivity contribution in [2.75, 3.05) is 6.61 Å². The van der Waals surface area contributed by atoms with Crippen LogP contribution in [0.1, 0.15) is 144 Å². The number of rotatable bonds is 1. The number of carbonyl (C=O) groups excluding carboxylic acids is 1. The fraction of sp³-hybridized carbons (Fsp3) is 0.914. The highest BCUT2D eigenvalue weighted by Gasteiger charge is 2.66. The summed E-state index contributed by atoms with van der Waals surface area (Å²) in [5.41, 5.74) is 2.18. The van der Waals surface area contributed by atoms with Gasteiger partial charge in [-0.25, -0.2) is 0 Å². The molecule has 2 N–H and O–H groups in total. The van der Waals surface area contributed by atoms with Gasteiger partial charge in [0.15, 0.2) is 17.4 Å². The zero-order chi connectivity index (χ0) is 51.4. The van der Waals surface area contributed by atoms with Gasteiger partial charge in [0.05, 0.1) is 129 Å². The number of carbonyl (C=O) groups is 1. The molecule has 30 atom stereocenters. The Morgan fingerprint density at radius 2 is 1.13 bits per heavy atom. The van der Waals surface area contributed by atoms with Crippen LogP contribution >= 0.6 is 0 Å². The maximum atomic E-state index is 14.5. The number of fused-ring (bicyclic) bond motifs is 10. The molecular weight excluding hydrogens is 969 g/mol. The molecule has 15 heterocycles. The molecule has 3 spiro atoms. The summed E-state index contributed by atoms with van der Waals surface area (Å²) in [7, 11) is 0. The van der Waals surface area contributed by atoms with Gasteiger partial charge in [-0.15, -0.1) is 0 Å². The van der Waals surface area contributed by atoms with E-state index in [1.807, 2.05) is 0 Å². The van der Waals surface area contributed by atoms with Crippen molar-refractivity contribution in [1.82, 2.24) is 0 Å². The summed E-state index contributed by atoms with van der Waals surface area (Å²) in [4.78, 5) is 14.5. The number of hydrogen-bond acceptors (Lipinski definition) is 17. The molecule has 0 saturated carbocycles. The van der Waals surface area contributed by atoms with Gasteiger partial charge in [0, 0.05) is 69.6 Å². The van der Waals surface area contributed by atoms with Crippen molar-refractivity contribution in [3.05, 3.63) is 24.3 Å². The SMILES string of the molecule is C=C1C[C@@H]2CC[C@]34CC(O3)C3O[C@H]5CC[C@H](CC(=O)O[C@@H]6[C@@H](C)[C@@H]7O[C@@H]8C[C@]9(C[C@@H]%10O[C@]%11(C[C@H](C)[C@@H]%12O[C@H](CO)[C@H](O)C[C@@H]%12O%11)C[C@H](C)[C@@H]%10O9)O[C@@H]8C[C@@H]7O[C@H]6C[C@H]6O[C@@H](CC[C@@H]1O2)C[C@@H](C)C6=C)O[C@@H]5[C@H](O4)C3C. The maximum absolute atomic E-state index is 14.5. The van der Waals surface area contributed by atoms with Crippen LogP contribution in [0.5, 0.6) is 0 Å². The van der Waals surface area contributed by atoms with E-state index in [0.29, 0.717) is 51.4 Å². The summed E-state index contributed by atoms with van der Waals surface area (Å²) >= 11 is 0. The molecule has 0 aromatic rings. The second-order valence-electron chi connectivity index (χ2n) is 26.4. The van der Waals surface area contributed by atoms with Gasteiger partial charge in [-0.3, -0.25) is 4.79 Å². The highest BCUT2D eigenvalue weighted by molar-refractivity contribution is 5.70. The maximum Gasteiger partial charge on any atom is 0.308 e. The van der Waals surface area contributed by atoms with Crippen molar-refractivity contribution >= 4 is 5.97 Å². The molecule has 75 heavy (non-hydrogen) atoms. The minimum Gasteiger partial charge on any atom is -0.459 e. The first-order chi connectivity index (χ1) is 36.0. The first-order valence-corrected chi connectivity index (χ1v) is 29.5. The van der Waals surface area contributed by atoms with E-state index < -0.39 is 41.8 Å². The second-order valence-corrected chi connectivity index (χ2v) is 26.4. The van der Waals surface area contributed by atoms with Crippen molar-refractivity contribution in [2.24, 2.45) is 29.6 Å². The van der Waals surface area contributed by atoms with Crippen LogP contribution in [0.2, 0.25) is 0 Å². The highest BCUT2D eigenvalue weighted by atomic mass is 16.8. The number of hydrogen-bond donors (Lipinski definition) is 2. The van der Waals surface area contributed by atoms with E-state index in [-0.39, 0.29) is 158 Å². The van der Waals surface area contributed by atoms with Gasteiger partial charge in [0.1, 0.15) is 18.3 Å². The predicted octanol–water partition coefficient (Wildman–Crippen LogP) is 6.04. The lowest BCUT2D eigenvalue weighted by Crippen LogP contribution is -2.62. The van der Waals surface area contributed by atoms with E-state index in [1.165, 1.54) is 0 Å². The molecule has 3 unspecified atom stereocenters. The Kier molecular flexibility index (Phi) is 13.2. The molecule has 17 heteroatoms. The Labute approximate surface area is 441 Å². The van der Waals surface area contributed by atoms with Crippen molar-refractivity contribution in [3.8, 4) is 0 Å². The van der Waals surface area contributed by atoms with Gasteiger partial charge >= 0.3 is 5.97 Å². The van der Waals surface area contributed by atoms with Gasteiger partial charge in [-0.1, -0.05) is 47.8 Å². The fourth-order valence-electron chi connectivity index (χ4n) is 17.3. The van der Waals surface area contributed by atoms with Crippen LogP contribution in [0.4, 0.5) is 0 Å². The average Bonchev–Trinajstić information content (AvgIpc) is 4.07. The van der Waals surface area contributed by atoms with Crippen LogP contribution in [0.15, 0.2) is 24.3 Å². The van der Waals surface area contributed by atoms with Crippen LogP contribution in [-0.2, 0) is 71.1 Å². The highest BCUT2D eigenvalue weighted by Crippen LogP contribution is 2.57. The van der Waals surface area contributed by atoms with Crippen LogP contribution in [-0.4, -0.2) is 174 Å². The van der Waals surface area contributed by atoms with E-state index in [2.05, 4.69) is 47.8 Å². The van der Waals surface area contributed by atoms with Gasteiger partial charge in [0.2, 0.25) is 0 Å². The quantitative estimate of drug-likeness (QED) is 0.228. The van der Waals surface area contributed by atoms with Crippen LogP contribution in [0.25, 0.3) is 0 Å². The van der Waals surface area contributed by atoms with E-state index in [0.717, 1.165) is 62.5 Å². The molecule has 15 aliphatic heterocycles. The zero-order valence-electron chi connectivity index (χ0n) is 44.7. The molecule has 15 aliphatic rings. The largest absolute Gasteiger partial charge is 0.459 e. The van der Waals surface area contributed by atoms with E-state index in [1.54, 1.807) is 0 Å². The molecule has 418 valence electrons. The molecule has 15 rings (SSSR count). The van der Waals surface area contributed by atoms with E-state index >= 15 is 0 Å². The summed E-state index contributed by atoms with van der Waals surface area (Å²) in [5.74, 6) is -2.47. The van der Waals surface area contributed by atoms with Gasteiger partial charge in [-0.2, -0.15) is 0 Å². The minimum atomic E-state index is -0.905. The third-order valence-electron chi connectivity index (χ3n) is 21.1. The smallest absolute Gasteiger partial charge is 0.308 e. The Balaban J connectivity index is 0.695. The lowest BCUT2D eigenvalue weighted by Gasteiger charge is -2.54. The Morgan fingerprint density at radius 1 is 0.493 bits per heavy atom. The first kappa shape index (κ1) is 51.5. The summed E-state index contributed by atoms with van der Waals surface area (Å²) in [6.07, 6.45) is 4.91. The van der Waals surface area contributed by atoms with Crippen molar-refractivity contribution < 1.29 is 81.3 Å². The molecule has 0 amide bonds. The van der Waals surface area contributed by atoms with Crippen molar-refractivity contribution in [3.63, 3.8) is 0 Å². The summed E-state index contributed by atoms with van der Waals surface area (Å²) in [6.45, 7) is 19.8. The lowest BCUT2D eigenvalue weighted by molar-refractivity contribution is -0.371. The molecular formula is C58H84O17. The number of aliphatic hydroxyl groups is 2. The van der Waals surface area contributed by atoms with E-state index in [4.69, 9.17) is 66.3 Å². The van der Waals surface area contributed by atoms with Gasteiger partial charge in [-0.05, 0) is 73.8 Å². The number of aliphatic hydroxyl groups excluding tert-OH is 2. The molecule has 0 radical (unpaired) electrons. The van der Waals surface area contributed by atoms with Gasteiger partial charge < -0.3 is 76.5 Å². The van der Waals surface area contributed by atoms with Crippen LogP contribution in [0.3, 0.4) is 0 Å². The minimum absolute atomic E-state index is 0.00160. The monoisotopic (exact) mass is 1050 g/mol. The fourth-order valence-corrected chi connectivity index (χ4v) is 17.3. The van der Waals surface area contributed by atoms with E-state index in [9.17, 15) is 15.0 Å². The third kappa shape index (κ3) is 9.01. The third-order valence-corrected chi connectivity index (χ3v) is 21.1. The number of ether oxygens (including phenoxy) is 14. The molecule has 0 aliphatic carbocycles. The Bertz CT molecular complexity index is 2190. The first-order valence-electron chi connectivity index (χ1n) is 29.5. The topological polar surface area (TPSA) is 187 Å². The number of esters is 1. The molecule has 17 nitrogen and oxygen atoms in total. The van der Waals surface area contributed by atoms with Crippen LogP contribution < -0.4 is 0 Å². The second kappa shape index (κ2) is 19.2. The van der Waals surface area contributed by atoms with Crippen molar-refractivity contribution in [1.29, 1.82) is 0 Å². The molecule has 10 bridgehead atoms. The average molecular weight is 1050 g/mol. The normalized spacial score (nSPS) is 58.3. The Morgan fingerprint density at radius 3 is 1.96 bits per heavy atom. The summed E-state index contributed by atoms with van der Waals surface area (Å²) < 4.78 is 96.2. The summed E-state index contributed by atoms with van der Waals surface area (Å²) in [5, 5.41) is 20.6. The molecule has 15 fully saturated rings. The zero-order valence-corrected chi connectivity index (χ0v) is 44.7. The summed E-state index contributed by atoms with van der Waals surface area (Å²) in [6, 6.07) is 0. The van der Waals surface area contributed by atoms with Crippen LogP contribution in [0, 0.1) is 29.6 Å². The lowest BCUT2D eigenvalue weighted by atomic mass is 9.78. The predicted molar refractivity (Wildman–Crippen MR) is 264 cm³/mol. The molecule has 15 saturated heterocycles. The molecule has 0 aromatic heterocycles. The van der Waals surface area contributed by atoms with Crippen molar-refractivity contribution in [2.45, 2.75) is 295 Å². The molecule has 0 aromatic carbocycles.